The van der Waals surface area contributed by atoms with Crippen molar-refractivity contribution in [3.63, 3.8) is 0 Å². The zero-order valence-electron chi connectivity index (χ0n) is 15.0. The van der Waals surface area contributed by atoms with Gasteiger partial charge in [-0.1, -0.05) is 12.1 Å². The van der Waals surface area contributed by atoms with Gasteiger partial charge in [-0.15, -0.1) is 0 Å². The average Bonchev–Trinajstić information content (AvgIpc) is 2.61. The first-order chi connectivity index (χ1) is 11.5. The summed E-state index contributed by atoms with van der Waals surface area (Å²) in [5, 5.41) is 0. The molecular formula is C19H26N4O. The number of aromatic nitrogens is 1. The summed E-state index contributed by atoms with van der Waals surface area (Å²) >= 11 is 0. The number of anilines is 1. The molecule has 128 valence electrons. The van der Waals surface area contributed by atoms with Crippen LogP contribution in [0.4, 0.5) is 5.82 Å². The van der Waals surface area contributed by atoms with E-state index < -0.39 is 0 Å². The number of amidine groups is 1. The molecule has 0 unspecified atom stereocenters. The molecule has 0 aromatic carbocycles. The molecule has 0 radical (unpaired) electrons. The number of pyridine rings is 1. The van der Waals surface area contributed by atoms with Gasteiger partial charge in [0.2, 0.25) is 0 Å². The number of carbonyl (C=O) groups is 1. The highest BCUT2D eigenvalue weighted by molar-refractivity contribution is 5.94. The van der Waals surface area contributed by atoms with Crippen LogP contribution in [0.3, 0.4) is 0 Å². The van der Waals surface area contributed by atoms with E-state index in [9.17, 15) is 4.79 Å². The Morgan fingerprint density at radius 1 is 1.17 bits per heavy atom. The van der Waals surface area contributed by atoms with Crippen LogP contribution in [0.5, 0.6) is 0 Å². The number of Topliss-reactive ketones (excluding diaryl/α,β-unsaturated/α-hetero) is 1. The van der Waals surface area contributed by atoms with Crippen molar-refractivity contribution >= 4 is 17.4 Å². The third-order valence-electron chi connectivity index (χ3n) is 4.23. The molecule has 1 aromatic rings. The maximum atomic E-state index is 11.6. The molecule has 1 saturated heterocycles. The first-order valence-electron chi connectivity index (χ1n) is 8.33. The molecule has 0 atom stereocenters. The molecule has 24 heavy (non-hydrogen) atoms. The number of piperazine rings is 1. The van der Waals surface area contributed by atoms with Gasteiger partial charge in [-0.2, -0.15) is 0 Å². The van der Waals surface area contributed by atoms with Gasteiger partial charge >= 0.3 is 0 Å². The molecule has 0 aliphatic carbocycles. The van der Waals surface area contributed by atoms with Gasteiger partial charge in [-0.25, -0.2) is 9.98 Å². The number of hydrogen-bond donors (Lipinski definition) is 0. The summed E-state index contributed by atoms with van der Waals surface area (Å²) < 4.78 is 0. The molecule has 0 bridgehead atoms. The lowest BCUT2D eigenvalue weighted by Gasteiger charge is -2.36. The number of carbonyl (C=O) groups excluding carboxylic acids is 1. The van der Waals surface area contributed by atoms with E-state index in [0.717, 1.165) is 43.5 Å². The highest BCUT2D eigenvalue weighted by Crippen LogP contribution is 2.15. The summed E-state index contributed by atoms with van der Waals surface area (Å²) in [5.41, 5.74) is 1.44. The van der Waals surface area contributed by atoms with Gasteiger partial charge in [0.1, 0.15) is 11.7 Å². The topological polar surface area (TPSA) is 48.8 Å². The highest BCUT2D eigenvalue weighted by atomic mass is 16.1. The van der Waals surface area contributed by atoms with Crippen molar-refractivity contribution < 1.29 is 4.79 Å². The average molecular weight is 326 g/mol. The van der Waals surface area contributed by atoms with Crippen LogP contribution in [0, 0.1) is 0 Å². The number of ketones is 1. The second-order valence-corrected chi connectivity index (χ2v) is 5.89. The molecule has 5 heteroatoms. The van der Waals surface area contributed by atoms with E-state index in [1.807, 2.05) is 57.3 Å². The third kappa shape index (κ3) is 4.54. The summed E-state index contributed by atoms with van der Waals surface area (Å²) in [7, 11) is 0. The Hall–Kier alpha value is -2.43. The van der Waals surface area contributed by atoms with E-state index in [1.165, 1.54) is 0 Å². The zero-order valence-corrected chi connectivity index (χ0v) is 15.0. The lowest BCUT2D eigenvalue weighted by molar-refractivity contribution is -0.113. The van der Waals surface area contributed by atoms with Gasteiger partial charge in [-0.05, 0) is 45.9 Å². The van der Waals surface area contributed by atoms with Crippen LogP contribution in [0.25, 0.3) is 0 Å². The zero-order chi connectivity index (χ0) is 17.5. The predicted molar refractivity (Wildman–Crippen MR) is 99.3 cm³/mol. The first kappa shape index (κ1) is 17.9. The molecule has 5 nitrogen and oxygen atoms in total. The number of hydrogen-bond acceptors (Lipinski definition) is 4. The van der Waals surface area contributed by atoms with Gasteiger partial charge in [0.25, 0.3) is 0 Å². The normalized spacial score (nSPS) is 17.2. The fourth-order valence-corrected chi connectivity index (χ4v) is 2.63. The fraction of sp³-hybridized carbons (Fsp3) is 0.421. The summed E-state index contributed by atoms with van der Waals surface area (Å²) in [6, 6.07) is 5.99. The Morgan fingerprint density at radius 2 is 1.88 bits per heavy atom. The lowest BCUT2D eigenvalue weighted by atomic mass is 10.1. The van der Waals surface area contributed by atoms with Gasteiger partial charge in [0, 0.05) is 37.9 Å². The third-order valence-corrected chi connectivity index (χ3v) is 4.23. The van der Waals surface area contributed by atoms with E-state index in [4.69, 9.17) is 0 Å². The van der Waals surface area contributed by atoms with E-state index in [0.29, 0.717) is 5.57 Å². The van der Waals surface area contributed by atoms with Crippen LogP contribution in [-0.2, 0) is 4.79 Å². The fourth-order valence-electron chi connectivity index (χ4n) is 2.63. The minimum Gasteiger partial charge on any atom is -0.357 e. The molecule has 2 heterocycles. The Morgan fingerprint density at radius 3 is 2.42 bits per heavy atom. The summed E-state index contributed by atoms with van der Waals surface area (Å²) in [4.78, 5) is 25.3. The second-order valence-electron chi connectivity index (χ2n) is 5.89. The van der Waals surface area contributed by atoms with Gasteiger partial charge in [0.15, 0.2) is 5.78 Å². The van der Waals surface area contributed by atoms with Crippen LogP contribution < -0.4 is 4.90 Å². The summed E-state index contributed by atoms with van der Waals surface area (Å²) in [5.74, 6) is 2.03. The van der Waals surface area contributed by atoms with Crippen LogP contribution >= 0.6 is 0 Å². The van der Waals surface area contributed by atoms with Gasteiger partial charge in [0.05, 0.1) is 5.70 Å². The van der Waals surface area contributed by atoms with Gasteiger partial charge in [-0.3, -0.25) is 4.79 Å². The Kier molecular flexibility index (Phi) is 6.29. The van der Waals surface area contributed by atoms with Crippen LogP contribution in [0.2, 0.25) is 0 Å². The molecule has 0 spiro atoms. The van der Waals surface area contributed by atoms with E-state index in [-0.39, 0.29) is 5.78 Å². The van der Waals surface area contributed by atoms with E-state index >= 15 is 0 Å². The molecule has 2 rings (SSSR count). The smallest absolute Gasteiger partial charge is 0.157 e. The van der Waals surface area contributed by atoms with Crippen LogP contribution in [-0.4, -0.2) is 47.7 Å². The minimum atomic E-state index is 0.0552. The second kappa shape index (κ2) is 8.43. The number of aliphatic imine (C=N–C) groups is 1. The van der Waals surface area contributed by atoms with Crippen molar-refractivity contribution in [2.45, 2.75) is 27.7 Å². The highest BCUT2D eigenvalue weighted by Gasteiger charge is 2.18. The summed E-state index contributed by atoms with van der Waals surface area (Å²) in [6.45, 7) is 11.0. The quantitative estimate of drug-likeness (QED) is 0.369. The van der Waals surface area contributed by atoms with Crippen LogP contribution in [0.15, 0.2) is 52.8 Å². The monoisotopic (exact) mass is 326 g/mol. The first-order valence-corrected chi connectivity index (χ1v) is 8.33. The molecule has 1 aliphatic rings. The summed E-state index contributed by atoms with van der Waals surface area (Å²) in [6.07, 6.45) is 5.63. The van der Waals surface area contributed by atoms with Crippen molar-refractivity contribution in [3.8, 4) is 0 Å². The number of nitrogens with zero attached hydrogens (tertiary/aromatic N) is 4. The van der Waals surface area contributed by atoms with E-state index in [2.05, 4.69) is 19.8 Å². The Balaban J connectivity index is 2.07. The predicted octanol–water partition coefficient (Wildman–Crippen LogP) is 3.06. The number of rotatable bonds is 4. The Labute approximate surface area is 144 Å². The van der Waals surface area contributed by atoms with Crippen LogP contribution in [0.1, 0.15) is 27.7 Å². The van der Waals surface area contributed by atoms with Crippen molar-refractivity contribution in [1.82, 2.24) is 9.88 Å². The van der Waals surface area contributed by atoms with E-state index in [1.54, 1.807) is 6.92 Å². The molecule has 0 N–H and O–H groups in total. The number of allylic oxidation sites excluding steroid dienone is 3. The SMILES string of the molecule is C/C=C\C(N=C(C)N1CCN(c2ccccn2)CC1)=C(/C)C(C)=O. The largest absolute Gasteiger partial charge is 0.357 e. The maximum absolute atomic E-state index is 11.6. The lowest BCUT2D eigenvalue weighted by Crippen LogP contribution is -2.48. The maximum Gasteiger partial charge on any atom is 0.157 e. The van der Waals surface area contributed by atoms with Crippen molar-refractivity contribution in [3.05, 3.63) is 47.8 Å². The molecule has 1 fully saturated rings. The molecule has 0 amide bonds. The Bertz CT molecular complexity index is 653. The van der Waals surface area contributed by atoms with Crippen molar-refractivity contribution in [2.24, 2.45) is 4.99 Å². The molecule has 1 aliphatic heterocycles. The van der Waals surface area contributed by atoms with Gasteiger partial charge < -0.3 is 9.80 Å². The standard InChI is InChI=1S/C19H26N4O/c1-5-8-18(15(2)16(3)24)21-17(4)22-11-13-23(14-12-22)19-9-6-7-10-20-19/h5-10H,11-14H2,1-4H3/b8-5-,18-15-,21-17?. The molecular weight excluding hydrogens is 300 g/mol. The van der Waals surface area contributed by atoms with Crippen molar-refractivity contribution in [1.29, 1.82) is 0 Å². The molecule has 1 aromatic heterocycles. The molecule has 0 saturated carbocycles. The van der Waals surface area contributed by atoms with Crippen molar-refractivity contribution in [2.75, 3.05) is 31.1 Å². The minimum absolute atomic E-state index is 0.0552.